The van der Waals surface area contributed by atoms with Gasteiger partial charge in [-0.15, -0.1) is 0 Å². The Morgan fingerprint density at radius 3 is 2.45 bits per heavy atom. The van der Waals surface area contributed by atoms with Gasteiger partial charge in [-0.2, -0.15) is 12.6 Å². The maximum absolute atomic E-state index is 4.18. The third-order valence-corrected chi connectivity index (χ3v) is 3.61. The van der Waals surface area contributed by atoms with E-state index in [-0.39, 0.29) is 0 Å². The molecule has 0 aromatic heterocycles. The molecule has 0 aromatic rings. The molecule has 1 nitrogen and oxygen atoms in total. The average molecular weight is 193 g/mol. The molecular formula is C8H19NS2. The molecule has 1 unspecified atom stereocenters. The lowest BCUT2D eigenvalue weighted by Crippen LogP contribution is -2.26. The van der Waals surface area contributed by atoms with E-state index >= 15 is 0 Å². The Morgan fingerprint density at radius 1 is 1.45 bits per heavy atom. The molecule has 0 aliphatic heterocycles. The van der Waals surface area contributed by atoms with Crippen molar-refractivity contribution in [2.45, 2.75) is 33.2 Å². The molecule has 0 aliphatic carbocycles. The summed E-state index contributed by atoms with van der Waals surface area (Å²) in [7, 11) is 0. The third-order valence-electron chi connectivity index (χ3n) is 1.74. The van der Waals surface area contributed by atoms with Crippen LogP contribution in [0.1, 0.15) is 27.2 Å². The predicted molar refractivity (Wildman–Crippen MR) is 58.4 cm³/mol. The van der Waals surface area contributed by atoms with Gasteiger partial charge in [0.2, 0.25) is 0 Å². The standard InChI is InChI=1S/C8H19NS2/c1-4-8(3)9(5-2)11-7-6-10/h8,10H,4-7H2,1-3H3. The predicted octanol–water partition coefficient (Wildman–Crippen LogP) is 2.68. The van der Waals surface area contributed by atoms with Crippen LogP contribution in [0.3, 0.4) is 0 Å². The third kappa shape index (κ3) is 4.99. The Kier molecular flexibility index (Phi) is 7.76. The molecule has 0 N–H and O–H groups in total. The minimum Gasteiger partial charge on any atom is -0.248 e. The quantitative estimate of drug-likeness (QED) is 0.510. The van der Waals surface area contributed by atoms with E-state index in [4.69, 9.17) is 0 Å². The Labute approximate surface area is 80.5 Å². The zero-order valence-electron chi connectivity index (χ0n) is 7.71. The van der Waals surface area contributed by atoms with Crippen LogP contribution in [0.5, 0.6) is 0 Å². The summed E-state index contributed by atoms with van der Waals surface area (Å²) in [5.41, 5.74) is 0. The fourth-order valence-electron chi connectivity index (χ4n) is 0.892. The van der Waals surface area contributed by atoms with Gasteiger partial charge in [-0.3, -0.25) is 0 Å². The van der Waals surface area contributed by atoms with Gasteiger partial charge in [0, 0.05) is 24.1 Å². The number of hydrogen-bond acceptors (Lipinski definition) is 3. The first-order chi connectivity index (χ1) is 5.26. The van der Waals surface area contributed by atoms with Gasteiger partial charge in [-0.1, -0.05) is 25.8 Å². The van der Waals surface area contributed by atoms with Crippen LogP contribution in [0, 0.1) is 0 Å². The van der Waals surface area contributed by atoms with Crippen molar-refractivity contribution in [3.8, 4) is 0 Å². The van der Waals surface area contributed by atoms with Crippen LogP contribution in [-0.2, 0) is 0 Å². The largest absolute Gasteiger partial charge is 0.248 e. The Morgan fingerprint density at radius 2 is 2.09 bits per heavy atom. The van der Waals surface area contributed by atoms with E-state index in [2.05, 4.69) is 37.7 Å². The molecule has 68 valence electrons. The zero-order valence-corrected chi connectivity index (χ0v) is 9.42. The van der Waals surface area contributed by atoms with E-state index < -0.39 is 0 Å². The topological polar surface area (TPSA) is 3.24 Å². The summed E-state index contributed by atoms with van der Waals surface area (Å²) in [6, 6.07) is 0.699. The van der Waals surface area contributed by atoms with Crippen molar-refractivity contribution in [1.82, 2.24) is 4.31 Å². The van der Waals surface area contributed by atoms with Crippen molar-refractivity contribution in [1.29, 1.82) is 0 Å². The number of nitrogens with zero attached hydrogens (tertiary/aromatic N) is 1. The van der Waals surface area contributed by atoms with Crippen LogP contribution in [-0.4, -0.2) is 28.4 Å². The maximum Gasteiger partial charge on any atom is 0.0171 e. The summed E-state index contributed by atoms with van der Waals surface area (Å²) in [4.78, 5) is 0. The first-order valence-corrected chi connectivity index (χ1v) is 5.84. The molecule has 0 radical (unpaired) electrons. The van der Waals surface area contributed by atoms with Crippen molar-refractivity contribution < 1.29 is 0 Å². The van der Waals surface area contributed by atoms with Crippen molar-refractivity contribution in [3.63, 3.8) is 0 Å². The molecule has 0 amide bonds. The van der Waals surface area contributed by atoms with Crippen LogP contribution >= 0.6 is 24.6 Å². The lowest BCUT2D eigenvalue weighted by atomic mass is 10.3. The second-order valence-electron chi connectivity index (χ2n) is 2.55. The summed E-state index contributed by atoms with van der Waals surface area (Å²) in [5, 5.41) is 0. The second kappa shape index (κ2) is 7.32. The molecule has 3 heteroatoms. The fraction of sp³-hybridized carbons (Fsp3) is 1.00. The average Bonchev–Trinajstić information content (AvgIpc) is 2.05. The SMILES string of the molecule is CCC(C)N(CC)SCCS. The number of rotatable bonds is 6. The van der Waals surface area contributed by atoms with E-state index in [0.717, 1.165) is 18.1 Å². The molecule has 0 rings (SSSR count). The monoisotopic (exact) mass is 193 g/mol. The molecule has 0 aromatic carbocycles. The van der Waals surface area contributed by atoms with E-state index in [1.807, 2.05) is 11.9 Å². The Hall–Kier alpha value is 0.660. The zero-order chi connectivity index (χ0) is 8.69. The van der Waals surface area contributed by atoms with Gasteiger partial charge < -0.3 is 0 Å². The first-order valence-electron chi connectivity index (χ1n) is 4.26. The molecule has 0 fully saturated rings. The highest BCUT2D eigenvalue weighted by atomic mass is 32.2. The molecule has 0 bridgehead atoms. The van der Waals surface area contributed by atoms with E-state index in [1.165, 1.54) is 6.42 Å². The van der Waals surface area contributed by atoms with E-state index in [1.54, 1.807) is 0 Å². The van der Waals surface area contributed by atoms with Crippen LogP contribution < -0.4 is 0 Å². The molecular weight excluding hydrogens is 174 g/mol. The minimum atomic E-state index is 0.699. The van der Waals surface area contributed by atoms with Gasteiger partial charge in [-0.25, -0.2) is 4.31 Å². The Balaban J connectivity index is 3.56. The highest BCUT2D eigenvalue weighted by Gasteiger charge is 2.08. The summed E-state index contributed by atoms with van der Waals surface area (Å²) in [6.07, 6.45) is 1.23. The van der Waals surface area contributed by atoms with Crippen molar-refractivity contribution >= 4 is 24.6 Å². The molecule has 0 aliphatic rings. The van der Waals surface area contributed by atoms with Gasteiger partial charge in [0.15, 0.2) is 0 Å². The molecule has 0 saturated carbocycles. The van der Waals surface area contributed by atoms with Gasteiger partial charge >= 0.3 is 0 Å². The lowest BCUT2D eigenvalue weighted by molar-refractivity contribution is 0.381. The minimum absolute atomic E-state index is 0.699. The van der Waals surface area contributed by atoms with Crippen LogP contribution in [0.4, 0.5) is 0 Å². The van der Waals surface area contributed by atoms with Crippen LogP contribution in [0.15, 0.2) is 0 Å². The van der Waals surface area contributed by atoms with Gasteiger partial charge in [0.25, 0.3) is 0 Å². The van der Waals surface area contributed by atoms with Crippen molar-refractivity contribution in [2.75, 3.05) is 18.1 Å². The smallest absolute Gasteiger partial charge is 0.0171 e. The normalized spacial score (nSPS) is 13.9. The first kappa shape index (κ1) is 11.7. The van der Waals surface area contributed by atoms with Gasteiger partial charge in [0.05, 0.1) is 0 Å². The van der Waals surface area contributed by atoms with Crippen LogP contribution in [0.25, 0.3) is 0 Å². The van der Waals surface area contributed by atoms with Crippen molar-refractivity contribution in [3.05, 3.63) is 0 Å². The number of thiol groups is 1. The fourth-order valence-corrected chi connectivity index (χ4v) is 2.04. The highest BCUT2D eigenvalue weighted by Crippen LogP contribution is 2.15. The lowest BCUT2D eigenvalue weighted by Gasteiger charge is -2.25. The Bertz CT molecular complexity index is 88.2. The second-order valence-corrected chi connectivity index (χ2v) is 4.13. The summed E-state index contributed by atoms with van der Waals surface area (Å²) < 4.78 is 2.43. The maximum atomic E-state index is 4.18. The van der Waals surface area contributed by atoms with Crippen LogP contribution in [0.2, 0.25) is 0 Å². The summed E-state index contributed by atoms with van der Waals surface area (Å²) in [5.74, 6) is 2.10. The summed E-state index contributed by atoms with van der Waals surface area (Å²) in [6.45, 7) is 7.84. The van der Waals surface area contributed by atoms with Gasteiger partial charge in [-0.05, 0) is 13.3 Å². The molecule has 0 saturated heterocycles. The molecule has 0 spiro atoms. The number of hydrogen-bond donors (Lipinski definition) is 1. The highest BCUT2D eigenvalue weighted by molar-refractivity contribution is 7.97. The molecule has 0 heterocycles. The summed E-state index contributed by atoms with van der Waals surface area (Å²) >= 11 is 6.10. The van der Waals surface area contributed by atoms with E-state index in [0.29, 0.717) is 6.04 Å². The van der Waals surface area contributed by atoms with Gasteiger partial charge in [0.1, 0.15) is 0 Å². The van der Waals surface area contributed by atoms with Crippen molar-refractivity contribution in [2.24, 2.45) is 0 Å². The molecule has 11 heavy (non-hydrogen) atoms. The molecule has 1 atom stereocenters. The van der Waals surface area contributed by atoms with E-state index in [9.17, 15) is 0 Å².